The second kappa shape index (κ2) is 3.84. The van der Waals surface area contributed by atoms with Crippen LogP contribution in [0.5, 0.6) is 0 Å². The molecule has 0 spiro atoms. The molecule has 1 saturated carbocycles. The van der Waals surface area contributed by atoms with Gasteiger partial charge in [0.05, 0.1) is 0 Å². The predicted octanol–water partition coefficient (Wildman–Crippen LogP) is 0.534. The molecular formula is C8H12F3N3O2. The van der Waals surface area contributed by atoms with E-state index in [9.17, 15) is 18.0 Å². The van der Waals surface area contributed by atoms with Crippen LogP contribution in [0.4, 0.5) is 13.2 Å². The van der Waals surface area contributed by atoms with Gasteiger partial charge in [0.15, 0.2) is 5.84 Å². The van der Waals surface area contributed by atoms with Crippen LogP contribution in [0.15, 0.2) is 5.16 Å². The van der Waals surface area contributed by atoms with Gasteiger partial charge in [-0.3, -0.25) is 4.79 Å². The number of carbonyl (C=O) groups is 1. The molecule has 0 bridgehead atoms. The maximum absolute atomic E-state index is 12.1. The van der Waals surface area contributed by atoms with Crippen LogP contribution >= 0.6 is 0 Å². The fourth-order valence-electron chi connectivity index (χ4n) is 1.51. The molecule has 8 heteroatoms. The Morgan fingerprint density at radius 2 is 2.06 bits per heavy atom. The minimum absolute atomic E-state index is 0.309. The first kappa shape index (κ1) is 12.6. The van der Waals surface area contributed by atoms with Crippen molar-refractivity contribution >= 4 is 11.7 Å². The summed E-state index contributed by atoms with van der Waals surface area (Å²) in [6.07, 6.45) is -3.83. The standard InChI is InChI=1S/C8H12F3N3O2/c1-14(4-8(9,10)11)6(15)7(2-3-7)5(12)13-16/h16H,2-4H2,1H3,(H2,12,13). The second-order valence-corrected chi connectivity index (χ2v) is 3.84. The second-order valence-electron chi connectivity index (χ2n) is 3.84. The fraction of sp³-hybridized carbons (Fsp3) is 0.750. The smallest absolute Gasteiger partial charge is 0.406 e. The minimum atomic E-state index is -4.45. The molecule has 3 N–H and O–H groups in total. The van der Waals surface area contributed by atoms with E-state index in [1.807, 2.05) is 0 Å². The number of rotatable bonds is 3. The Bertz CT molecular complexity index is 323. The van der Waals surface area contributed by atoms with Gasteiger partial charge in [0, 0.05) is 7.05 Å². The average Bonchev–Trinajstić information content (AvgIpc) is 2.93. The van der Waals surface area contributed by atoms with E-state index in [1.165, 1.54) is 0 Å². The number of halogens is 3. The van der Waals surface area contributed by atoms with E-state index in [2.05, 4.69) is 5.16 Å². The van der Waals surface area contributed by atoms with Crippen molar-refractivity contribution in [2.45, 2.75) is 19.0 Å². The first-order valence-electron chi connectivity index (χ1n) is 4.53. The van der Waals surface area contributed by atoms with Gasteiger partial charge in [-0.15, -0.1) is 0 Å². The zero-order valence-electron chi connectivity index (χ0n) is 8.58. The van der Waals surface area contributed by atoms with E-state index in [-0.39, 0.29) is 5.84 Å². The summed E-state index contributed by atoms with van der Waals surface area (Å²) in [5, 5.41) is 11.1. The van der Waals surface area contributed by atoms with Gasteiger partial charge in [-0.05, 0) is 12.8 Å². The Kier molecular flexibility index (Phi) is 3.02. The summed E-state index contributed by atoms with van der Waals surface area (Å²) in [6.45, 7) is -1.34. The molecule has 0 aromatic rings. The first-order chi connectivity index (χ1) is 7.23. The van der Waals surface area contributed by atoms with E-state index in [1.54, 1.807) is 0 Å². The van der Waals surface area contributed by atoms with Gasteiger partial charge in [0.25, 0.3) is 0 Å². The number of hydrogen-bond donors (Lipinski definition) is 2. The maximum Gasteiger partial charge on any atom is 0.406 e. The lowest BCUT2D eigenvalue weighted by molar-refractivity contribution is -0.160. The number of alkyl halides is 3. The number of nitrogens with zero attached hydrogens (tertiary/aromatic N) is 2. The van der Waals surface area contributed by atoms with E-state index in [0.717, 1.165) is 7.05 Å². The quantitative estimate of drug-likeness (QED) is 0.326. The van der Waals surface area contributed by atoms with Gasteiger partial charge in [0.2, 0.25) is 5.91 Å². The summed E-state index contributed by atoms with van der Waals surface area (Å²) in [5.74, 6) is -1.09. The highest BCUT2D eigenvalue weighted by Crippen LogP contribution is 2.47. The van der Waals surface area contributed by atoms with E-state index in [4.69, 9.17) is 10.9 Å². The van der Waals surface area contributed by atoms with Crippen molar-refractivity contribution in [3.05, 3.63) is 0 Å². The molecule has 0 aromatic carbocycles. The highest BCUT2D eigenvalue weighted by atomic mass is 19.4. The van der Waals surface area contributed by atoms with Gasteiger partial charge in [-0.2, -0.15) is 13.2 Å². The molecule has 1 rings (SSSR count). The highest BCUT2D eigenvalue weighted by molar-refractivity contribution is 6.09. The molecule has 0 aliphatic heterocycles. The average molecular weight is 239 g/mol. The molecule has 1 fully saturated rings. The lowest BCUT2D eigenvalue weighted by Crippen LogP contribution is -2.45. The van der Waals surface area contributed by atoms with Gasteiger partial charge in [0.1, 0.15) is 12.0 Å². The molecule has 0 unspecified atom stereocenters. The molecule has 92 valence electrons. The summed E-state index contributed by atoms with van der Waals surface area (Å²) in [4.78, 5) is 12.2. The third-order valence-corrected chi connectivity index (χ3v) is 2.52. The molecule has 1 aliphatic carbocycles. The number of nitrogens with two attached hydrogens (primary N) is 1. The normalized spacial score (nSPS) is 19.4. The maximum atomic E-state index is 12.1. The number of amidine groups is 1. The van der Waals surface area contributed by atoms with Crippen molar-refractivity contribution in [1.82, 2.24) is 4.90 Å². The first-order valence-corrected chi connectivity index (χ1v) is 4.53. The Hall–Kier alpha value is -1.47. The van der Waals surface area contributed by atoms with Gasteiger partial charge in [-0.25, -0.2) is 0 Å². The zero-order valence-corrected chi connectivity index (χ0v) is 8.58. The van der Waals surface area contributed by atoms with Crippen LogP contribution in [-0.4, -0.2) is 41.6 Å². The Balaban J connectivity index is 2.72. The van der Waals surface area contributed by atoms with E-state index >= 15 is 0 Å². The lowest BCUT2D eigenvalue weighted by atomic mass is 10.0. The molecular weight excluding hydrogens is 227 g/mol. The lowest BCUT2D eigenvalue weighted by Gasteiger charge is -2.23. The largest absolute Gasteiger partial charge is 0.409 e. The van der Waals surface area contributed by atoms with Gasteiger partial charge in [-0.1, -0.05) is 5.16 Å². The molecule has 0 radical (unpaired) electrons. The van der Waals surface area contributed by atoms with Crippen LogP contribution in [0, 0.1) is 5.41 Å². The molecule has 0 saturated heterocycles. The van der Waals surface area contributed by atoms with Crippen molar-refractivity contribution in [1.29, 1.82) is 0 Å². The van der Waals surface area contributed by atoms with Crippen LogP contribution in [0.1, 0.15) is 12.8 Å². The monoisotopic (exact) mass is 239 g/mol. The number of hydrogen-bond acceptors (Lipinski definition) is 3. The van der Waals surface area contributed by atoms with Crippen molar-refractivity contribution in [3.8, 4) is 0 Å². The third kappa shape index (κ3) is 2.37. The minimum Gasteiger partial charge on any atom is -0.409 e. The van der Waals surface area contributed by atoms with Gasteiger partial charge < -0.3 is 15.8 Å². The van der Waals surface area contributed by atoms with E-state index < -0.39 is 24.0 Å². The highest BCUT2D eigenvalue weighted by Gasteiger charge is 2.56. The molecule has 0 atom stereocenters. The molecule has 1 amide bonds. The van der Waals surface area contributed by atoms with Crippen molar-refractivity contribution < 1.29 is 23.2 Å². The Morgan fingerprint density at radius 1 is 1.56 bits per heavy atom. The Morgan fingerprint density at radius 3 is 2.38 bits per heavy atom. The summed E-state index contributed by atoms with van der Waals surface area (Å²) < 4.78 is 36.2. The summed E-state index contributed by atoms with van der Waals surface area (Å²) >= 11 is 0. The fourth-order valence-corrected chi connectivity index (χ4v) is 1.51. The Labute approximate surface area is 89.7 Å². The van der Waals surface area contributed by atoms with Gasteiger partial charge >= 0.3 is 6.18 Å². The number of carbonyl (C=O) groups excluding carboxylic acids is 1. The molecule has 0 heterocycles. The van der Waals surface area contributed by atoms with Crippen molar-refractivity contribution in [2.75, 3.05) is 13.6 Å². The summed E-state index contributed by atoms with van der Waals surface area (Å²) in [6, 6.07) is 0. The molecule has 0 aromatic heterocycles. The topological polar surface area (TPSA) is 78.9 Å². The van der Waals surface area contributed by atoms with E-state index in [0.29, 0.717) is 17.7 Å². The van der Waals surface area contributed by atoms with Crippen LogP contribution in [0.3, 0.4) is 0 Å². The SMILES string of the molecule is CN(CC(F)(F)F)C(=O)C1(C(N)=NO)CC1. The van der Waals surface area contributed by atoms with Crippen LogP contribution in [0.25, 0.3) is 0 Å². The summed E-state index contributed by atoms with van der Waals surface area (Å²) in [5.41, 5.74) is 4.06. The van der Waals surface area contributed by atoms with Crippen molar-refractivity contribution in [2.24, 2.45) is 16.3 Å². The molecule has 1 aliphatic rings. The van der Waals surface area contributed by atoms with Crippen LogP contribution in [0.2, 0.25) is 0 Å². The number of amides is 1. The zero-order chi connectivity index (χ0) is 12.6. The van der Waals surface area contributed by atoms with Crippen LogP contribution in [-0.2, 0) is 4.79 Å². The predicted molar refractivity (Wildman–Crippen MR) is 48.8 cm³/mol. The molecule has 16 heavy (non-hydrogen) atoms. The van der Waals surface area contributed by atoms with Crippen LogP contribution < -0.4 is 5.73 Å². The van der Waals surface area contributed by atoms with Crippen molar-refractivity contribution in [3.63, 3.8) is 0 Å². The number of oxime groups is 1. The third-order valence-electron chi connectivity index (χ3n) is 2.52. The summed E-state index contributed by atoms with van der Waals surface area (Å²) in [7, 11) is 1.04. The molecule has 5 nitrogen and oxygen atoms in total.